The molecule has 0 saturated carbocycles. The molecule has 3 rings (SSSR count). The molecule has 2 heterocycles. The van der Waals surface area contributed by atoms with E-state index in [9.17, 15) is 31.1 Å². The van der Waals surface area contributed by atoms with E-state index in [-0.39, 0.29) is 22.9 Å². The van der Waals surface area contributed by atoms with Gasteiger partial charge in [-0.1, -0.05) is 45.2 Å². The summed E-state index contributed by atoms with van der Waals surface area (Å²) >= 11 is 0.775. The molecular formula is C26H31F6N5OS. The molecule has 13 heteroatoms. The van der Waals surface area contributed by atoms with Gasteiger partial charge in [0.15, 0.2) is 5.69 Å². The lowest BCUT2D eigenvalue weighted by Gasteiger charge is -2.17. The molecular weight excluding hydrogens is 544 g/mol. The minimum absolute atomic E-state index is 0.0628. The summed E-state index contributed by atoms with van der Waals surface area (Å²) < 4.78 is 81.6. The molecule has 214 valence electrons. The molecule has 39 heavy (non-hydrogen) atoms. The molecule has 0 radical (unpaired) electrons. The van der Waals surface area contributed by atoms with Crippen LogP contribution in [0.3, 0.4) is 0 Å². The average Bonchev–Trinajstić information content (AvgIpc) is 3.55. The second-order valence-electron chi connectivity index (χ2n) is 8.96. The highest BCUT2D eigenvalue weighted by Crippen LogP contribution is 2.36. The van der Waals surface area contributed by atoms with Gasteiger partial charge < -0.3 is 10.2 Å². The lowest BCUT2D eigenvalue weighted by molar-refractivity contribution is -0.143. The summed E-state index contributed by atoms with van der Waals surface area (Å²) in [6, 6.07) is 4.34. The molecule has 0 aliphatic rings. The number of carbonyl (C=O) groups is 1. The van der Waals surface area contributed by atoms with Crippen LogP contribution in [0.1, 0.15) is 67.6 Å². The number of unbranched alkanes of at least 4 members (excludes halogenated alkanes) is 4. The maximum absolute atomic E-state index is 14.0. The topological polar surface area (TPSA) is 63.1 Å². The molecule has 3 aromatic rings. The number of hydrogen-bond donors (Lipinski definition) is 1. The molecule has 2 aromatic heterocycles. The van der Waals surface area contributed by atoms with Gasteiger partial charge >= 0.3 is 12.4 Å². The summed E-state index contributed by atoms with van der Waals surface area (Å²) in [5.41, 5.74) is -2.67. The van der Waals surface area contributed by atoms with E-state index in [1.807, 2.05) is 0 Å². The van der Waals surface area contributed by atoms with Crippen LogP contribution in [-0.4, -0.2) is 51.8 Å². The fourth-order valence-corrected chi connectivity index (χ4v) is 4.90. The van der Waals surface area contributed by atoms with Crippen LogP contribution < -0.4 is 5.32 Å². The number of hydrogen-bond acceptors (Lipinski definition) is 5. The monoisotopic (exact) mass is 575 g/mol. The lowest BCUT2D eigenvalue weighted by Crippen LogP contribution is -2.27. The quantitative estimate of drug-likeness (QED) is 0.175. The number of carbonyl (C=O) groups excluding carboxylic acids is 1. The SMILES string of the molecule is CCN(CC)CCCCCCCNC(=O)c1cnn(-c2nc(-c3cccc(C(F)(F)F)c3)cs2)c1C(F)(F)F. The molecule has 6 nitrogen and oxygen atoms in total. The number of rotatable bonds is 13. The second-order valence-corrected chi connectivity index (χ2v) is 9.80. The molecule has 0 saturated heterocycles. The van der Waals surface area contributed by atoms with Crippen LogP contribution in [0.25, 0.3) is 16.4 Å². The second kappa shape index (κ2) is 13.4. The number of halogens is 6. The van der Waals surface area contributed by atoms with E-state index in [4.69, 9.17) is 0 Å². The minimum Gasteiger partial charge on any atom is -0.352 e. The Kier molecular flexibility index (Phi) is 10.5. The van der Waals surface area contributed by atoms with Crippen LogP contribution >= 0.6 is 11.3 Å². The maximum Gasteiger partial charge on any atom is 0.434 e. The minimum atomic E-state index is -4.92. The van der Waals surface area contributed by atoms with Gasteiger partial charge in [-0.3, -0.25) is 4.79 Å². The zero-order valence-electron chi connectivity index (χ0n) is 21.7. The summed E-state index contributed by atoms with van der Waals surface area (Å²) in [6.07, 6.45) is -4.08. The molecule has 0 unspecified atom stereocenters. The van der Waals surface area contributed by atoms with E-state index in [1.165, 1.54) is 17.5 Å². The number of nitrogens with one attached hydrogen (secondary N) is 1. The highest BCUT2D eigenvalue weighted by molar-refractivity contribution is 7.12. The first-order valence-corrected chi connectivity index (χ1v) is 13.6. The lowest BCUT2D eigenvalue weighted by atomic mass is 10.1. The molecule has 1 amide bonds. The van der Waals surface area contributed by atoms with Crippen molar-refractivity contribution in [3.63, 3.8) is 0 Å². The molecule has 0 bridgehead atoms. The first-order chi connectivity index (χ1) is 18.5. The van der Waals surface area contributed by atoms with E-state index in [1.54, 1.807) is 0 Å². The van der Waals surface area contributed by atoms with Crippen LogP contribution in [0.4, 0.5) is 26.3 Å². The van der Waals surface area contributed by atoms with Gasteiger partial charge in [-0.2, -0.15) is 31.4 Å². The number of thiazole rings is 1. The van der Waals surface area contributed by atoms with Crippen molar-refractivity contribution in [2.75, 3.05) is 26.2 Å². The first kappa shape index (κ1) is 30.6. The first-order valence-electron chi connectivity index (χ1n) is 12.7. The third kappa shape index (κ3) is 8.28. The van der Waals surface area contributed by atoms with Crippen LogP contribution in [0.2, 0.25) is 0 Å². The summed E-state index contributed by atoms with van der Waals surface area (Å²) in [6.45, 7) is 7.53. The largest absolute Gasteiger partial charge is 0.434 e. The van der Waals surface area contributed by atoms with Gasteiger partial charge in [0, 0.05) is 17.5 Å². The predicted molar refractivity (Wildman–Crippen MR) is 138 cm³/mol. The molecule has 0 spiro atoms. The molecule has 0 aliphatic heterocycles. The molecule has 0 aliphatic carbocycles. The van der Waals surface area contributed by atoms with E-state index >= 15 is 0 Å². The van der Waals surface area contributed by atoms with Crippen molar-refractivity contribution in [2.45, 2.75) is 58.3 Å². The summed E-state index contributed by atoms with van der Waals surface area (Å²) in [7, 11) is 0. The third-order valence-corrected chi connectivity index (χ3v) is 7.09. The highest BCUT2D eigenvalue weighted by atomic mass is 32.1. The normalized spacial score (nSPS) is 12.3. The highest BCUT2D eigenvalue weighted by Gasteiger charge is 2.41. The summed E-state index contributed by atoms with van der Waals surface area (Å²) in [5, 5.41) is 7.39. The predicted octanol–water partition coefficient (Wildman–Crippen LogP) is 7.06. The fraction of sp³-hybridized carbons (Fsp3) is 0.500. The zero-order valence-corrected chi connectivity index (χ0v) is 22.5. The number of aromatic nitrogens is 3. The van der Waals surface area contributed by atoms with Crippen molar-refractivity contribution < 1.29 is 31.1 Å². The van der Waals surface area contributed by atoms with E-state index < -0.39 is 35.1 Å². The number of benzene rings is 1. The Bertz CT molecular complexity index is 1220. The van der Waals surface area contributed by atoms with Crippen LogP contribution in [0.5, 0.6) is 0 Å². The van der Waals surface area contributed by atoms with Gasteiger partial charge in [-0.05, 0) is 44.6 Å². The molecule has 1 N–H and O–H groups in total. The van der Waals surface area contributed by atoms with E-state index in [0.717, 1.165) is 75.0 Å². The van der Waals surface area contributed by atoms with Crippen LogP contribution in [-0.2, 0) is 12.4 Å². The van der Waals surface area contributed by atoms with Crippen molar-refractivity contribution in [1.82, 2.24) is 25.0 Å². The fourth-order valence-electron chi connectivity index (χ4n) is 4.11. The average molecular weight is 576 g/mol. The smallest absolute Gasteiger partial charge is 0.352 e. The van der Waals surface area contributed by atoms with Gasteiger partial charge in [-0.15, -0.1) is 11.3 Å². The van der Waals surface area contributed by atoms with Crippen molar-refractivity contribution >= 4 is 17.2 Å². The van der Waals surface area contributed by atoms with Crippen LogP contribution in [0.15, 0.2) is 35.8 Å². The molecule has 0 atom stereocenters. The Labute approximate surface area is 227 Å². The van der Waals surface area contributed by atoms with Crippen molar-refractivity contribution in [3.05, 3.63) is 52.7 Å². The van der Waals surface area contributed by atoms with Gasteiger partial charge in [0.2, 0.25) is 5.13 Å². The van der Waals surface area contributed by atoms with Gasteiger partial charge in [-0.25, -0.2) is 9.67 Å². The molecule has 1 aromatic carbocycles. The van der Waals surface area contributed by atoms with E-state index in [0.29, 0.717) is 11.1 Å². The van der Waals surface area contributed by atoms with Gasteiger partial charge in [0.1, 0.15) is 0 Å². The van der Waals surface area contributed by atoms with Gasteiger partial charge in [0.05, 0.1) is 23.0 Å². The van der Waals surface area contributed by atoms with Crippen molar-refractivity contribution in [1.29, 1.82) is 0 Å². The Morgan fingerprint density at radius 3 is 2.36 bits per heavy atom. The summed E-state index contributed by atoms with van der Waals surface area (Å²) in [4.78, 5) is 19.0. The Morgan fingerprint density at radius 1 is 1.00 bits per heavy atom. The van der Waals surface area contributed by atoms with Crippen molar-refractivity contribution in [2.24, 2.45) is 0 Å². The standard InChI is InChI=1S/C26H31F6N5OS/c1-3-36(4-2)14-9-7-5-6-8-13-33-23(38)20-16-34-37(22(20)26(30,31)32)24-35-21(17-39-24)18-11-10-12-19(15-18)25(27,28)29/h10-12,15-17H,3-9,13-14H2,1-2H3,(H,33,38). The zero-order chi connectivity index (χ0) is 28.6. The van der Waals surface area contributed by atoms with Gasteiger partial charge in [0.25, 0.3) is 5.91 Å². The Morgan fingerprint density at radius 2 is 1.69 bits per heavy atom. The maximum atomic E-state index is 14.0. The summed E-state index contributed by atoms with van der Waals surface area (Å²) in [5.74, 6) is -0.898. The van der Waals surface area contributed by atoms with Crippen LogP contribution in [0, 0.1) is 0 Å². The number of alkyl halides is 6. The number of nitrogens with zero attached hydrogens (tertiary/aromatic N) is 4. The molecule has 0 fully saturated rings. The Hall–Kier alpha value is -2.93. The third-order valence-electron chi connectivity index (χ3n) is 6.27. The number of amides is 1. The van der Waals surface area contributed by atoms with Crippen molar-refractivity contribution in [3.8, 4) is 16.4 Å². The Balaban J connectivity index is 1.64. The van der Waals surface area contributed by atoms with E-state index in [2.05, 4.69) is 34.1 Å².